The van der Waals surface area contributed by atoms with E-state index in [9.17, 15) is 10.2 Å². The molecule has 0 spiro atoms. The second-order valence-corrected chi connectivity index (χ2v) is 6.29. The Balaban J connectivity index is 2.01. The Morgan fingerprint density at radius 2 is 2.10 bits per heavy atom. The highest BCUT2D eigenvalue weighted by molar-refractivity contribution is 5.86. The molecule has 0 bridgehead atoms. The minimum atomic E-state index is -0.587. The van der Waals surface area contributed by atoms with Gasteiger partial charge in [0.15, 0.2) is 0 Å². The minimum absolute atomic E-state index is 0.0360. The van der Waals surface area contributed by atoms with E-state index in [2.05, 4.69) is 31.1 Å². The molecule has 116 valence electrons. The second-order valence-electron chi connectivity index (χ2n) is 6.29. The highest BCUT2D eigenvalue weighted by Gasteiger charge is 2.13. The lowest BCUT2D eigenvalue weighted by atomic mass is 10.1. The molecule has 1 aromatic heterocycles. The van der Waals surface area contributed by atoms with E-state index in [0.717, 1.165) is 16.5 Å². The van der Waals surface area contributed by atoms with Crippen LogP contribution in [0.15, 0.2) is 24.4 Å². The van der Waals surface area contributed by atoms with Gasteiger partial charge in [-0.15, -0.1) is 0 Å². The predicted octanol–water partition coefficient (Wildman–Crippen LogP) is 1.79. The number of aromatic nitrogens is 1. The van der Waals surface area contributed by atoms with Gasteiger partial charge in [-0.1, -0.05) is 0 Å². The first kappa shape index (κ1) is 15.8. The first-order valence-corrected chi connectivity index (χ1v) is 7.16. The summed E-state index contributed by atoms with van der Waals surface area (Å²) in [6, 6.07) is 5.62. The number of fused-ring (bicyclic) bond motifs is 1. The summed E-state index contributed by atoms with van der Waals surface area (Å²) >= 11 is 0. The maximum atomic E-state index is 9.98. The van der Waals surface area contributed by atoms with Gasteiger partial charge in [0.25, 0.3) is 0 Å². The van der Waals surface area contributed by atoms with Crippen LogP contribution in [0, 0.1) is 0 Å². The summed E-state index contributed by atoms with van der Waals surface area (Å²) in [6.07, 6.45) is 1.24. The number of hydrogen-bond acceptors (Lipinski definition) is 4. The largest absolute Gasteiger partial charge is 0.490 e. The Bertz CT molecular complexity index is 587. The zero-order valence-electron chi connectivity index (χ0n) is 12.8. The van der Waals surface area contributed by atoms with Gasteiger partial charge >= 0.3 is 0 Å². The molecule has 5 heteroatoms. The summed E-state index contributed by atoms with van der Waals surface area (Å²) in [5.41, 5.74) is 1.66. The van der Waals surface area contributed by atoms with Crippen molar-refractivity contribution in [2.75, 3.05) is 13.2 Å². The minimum Gasteiger partial charge on any atom is -0.490 e. The van der Waals surface area contributed by atoms with Crippen LogP contribution in [0.3, 0.4) is 0 Å². The first-order valence-electron chi connectivity index (χ1n) is 7.16. The number of H-pyrrole nitrogens is 1. The van der Waals surface area contributed by atoms with E-state index in [-0.39, 0.29) is 18.8 Å². The van der Waals surface area contributed by atoms with Crippen molar-refractivity contribution in [3.63, 3.8) is 0 Å². The SMILES string of the molecule is CC(C)(C)NCC(O)COc1cc(CO)cc2[nH]ccc12. The maximum Gasteiger partial charge on any atom is 0.129 e. The summed E-state index contributed by atoms with van der Waals surface area (Å²) in [7, 11) is 0. The van der Waals surface area contributed by atoms with Gasteiger partial charge in [0, 0.05) is 29.2 Å². The third kappa shape index (κ3) is 4.46. The number of aliphatic hydroxyl groups is 2. The van der Waals surface area contributed by atoms with E-state index in [0.29, 0.717) is 12.3 Å². The lowest BCUT2D eigenvalue weighted by molar-refractivity contribution is 0.101. The van der Waals surface area contributed by atoms with Gasteiger partial charge in [0.05, 0.1) is 6.61 Å². The molecule has 0 fully saturated rings. The third-order valence-electron chi connectivity index (χ3n) is 3.17. The van der Waals surface area contributed by atoms with E-state index in [4.69, 9.17) is 4.74 Å². The van der Waals surface area contributed by atoms with Crippen LogP contribution in [0.5, 0.6) is 5.75 Å². The molecule has 0 aliphatic carbocycles. The number of ether oxygens (including phenoxy) is 1. The number of benzene rings is 1. The van der Waals surface area contributed by atoms with Crippen LogP contribution in [-0.4, -0.2) is 40.0 Å². The van der Waals surface area contributed by atoms with Gasteiger partial charge in [-0.05, 0) is 44.5 Å². The van der Waals surface area contributed by atoms with Crippen LogP contribution >= 0.6 is 0 Å². The Labute approximate surface area is 124 Å². The van der Waals surface area contributed by atoms with E-state index in [1.165, 1.54) is 0 Å². The van der Waals surface area contributed by atoms with Gasteiger partial charge in [0.1, 0.15) is 18.5 Å². The van der Waals surface area contributed by atoms with Crippen molar-refractivity contribution in [2.24, 2.45) is 0 Å². The van der Waals surface area contributed by atoms with E-state index in [1.807, 2.05) is 18.3 Å². The van der Waals surface area contributed by atoms with Crippen molar-refractivity contribution >= 4 is 10.9 Å². The van der Waals surface area contributed by atoms with Gasteiger partial charge < -0.3 is 25.3 Å². The Morgan fingerprint density at radius 1 is 1.33 bits per heavy atom. The zero-order chi connectivity index (χ0) is 15.5. The maximum absolute atomic E-state index is 9.98. The Hall–Kier alpha value is -1.56. The molecule has 1 aromatic carbocycles. The van der Waals surface area contributed by atoms with E-state index in [1.54, 1.807) is 6.07 Å². The molecule has 0 aliphatic heterocycles. The molecule has 0 saturated heterocycles. The highest BCUT2D eigenvalue weighted by atomic mass is 16.5. The standard InChI is InChI=1S/C16H24N2O3/c1-16(2,3)18-8-12(20)10-21-15-7-11(9-19)6-14-13(15)4-5-17-14/h4-7,12,17-20H,8-10H2,1-3H3. The molecule has 1 unspecified atom stereocenters. The smallest absolute Gasteiger partial charge is 0.129 e. The van der Waals surface area contributed by atoms with Crippen LogP contribution in [-0.2, 0) is 6.61 Å². The van der Waals surface area contributed by atoms with Crippen molar-refractivity contribution in [2.45, 2.75) is 39.0 Å². The average molecular weight is 292 g/mol. The number of aromatic amines is 1. The predicted molar refractivity (Wildman–Crippen MR) is 83.5 cm³/mol. The summed E-state index contributed by atoms with van der Waals surface area (Å²) in [6.45, 7) is 6.79. The van der Waals surface area contributed by atoms with Crippen LogP contribution in [0.1, 0.15) is 26.3 Å². The quantitative estimate of drug-likeness (QED) is 0.654. The van der Waals surface area contributed by atoms with Crippen LogP contribution in [0.4, 0.5) is 0 Å². The molecular formula is C16H24N2O3. The van der Waals surface area contributed by atoms with Crippen molar-refractivity contribution in [1.82, 2.24) is 10.3 Å². The van der Waals surface area contributed by atoms with Crippen molar-refractivity contribution < 1.29 is 14.9 Å². The number of β-amino-alcohol motifs (C(OH)–C–C–N with tert-alkyl or cyclic N) is 1. The molecule has 0 aliphatic rings. The molecule has 0 amide bonds. The monoisotopic (exact) mass is 292 g/mol. The summed E-state index contributed by atoms with van der Waals surface area (Å²) in [5, 5.41) is 23.4. The molecule has 1 atom stereocenters. The lowest BCUT2D eigenvalue weighted by Gasteiger charge is -2.23. The summed E-state index contributed by atoms with van der Waals surface area (Å²) in [5.74, 6) is 0.674. The number of nitrogens with one attached hydrogen (secondary N) is 2. The molecule has 0 saturated carbocycles. The molecule has 1 heterocycles. The summed E-state index contributed by atoms with van der Waals surface area (Å²) in [4.78, 5) is 3.10. The highest BCUT2D eigenvalue weighted by Crippen LogP contribution is 2.27. The van der Waals surface area contributed by atoms with E-state index < -0.39 is 6.10 Å². The van der Waals surface area contributed by atoms with Crippen LogP contribution in [0.25, 0.3) is 10.9 Å². The third-order valence-corrected chi connectivity index (χ3v) is 3.17. The van der Waals surface area contributed by atoms with Gasteiger partial charge in [0.2, 0.25) is 0 Å². The molecule has 21 heavy (non-hydrogen) atoms. The molecular weight excluding hydrogens is 268 g/mol. The van der Waals surface area contributed by atoms with Crippen LogP contribution < -0.4 is 10.1 Å². The molecule has 2 rings (SSSR count). The number of rotatable bonds is 6. The first-order chi connectivity index (χ1) is 9.89. The molecule has 5 nitrogen and oxygen atoms in total. The normalized spacial score (nSPS) is 13.6. The van der Waals surface area contributed by atoms with Crippen molar-refractivity contribution in [3.8, 4) is 5.75 Å². The fourth-order valence-corrected chi connectivity index (χ4v) is 2.07. The fraction of sp³-hybridized carbons (Fsp3) is 0.500. The zero-order valence-corrected chi connectivity index (χ0v) is 12.8. The lowest BCUT2D eigenvalue weighted by Crippen LogP contribution is -2.42. The van der Waals surface area contributed by atoms with Gasteiger partial charge in [-0.2, -0.15) is 0 Å². The van der Waals surface area contributed by atoms with Crippen molar-refractivity contribution in [1.29, 1.82) is 0 Å². The molecule has 0 radical (unpaired) electrons. The number of aliphatic hydroxyl groups excluding tert-OH is 2. The van der Waals surface area contributed by atoms with Gasteiger partial charge in [-0.3, -0.25) is 0 Å². The van der Waals surface area contributed by atoms with E-state index >= 15 is 0 Å². The second kappa shape index (κ2) is 6.47. The molecule has 4 N–H and O–H groups in total. The van der Waals surface area contributed by atoms with Crippen LogP contribution in [0.2, 0.25) is 0 Å². The Morgan fingerprint density at radius 3 is 2.76 bits per heavy atom. The average Bonchev–Trinajstić information content (AvgIpc) is 2.89. The molecule has 2 aromatic rings. The topological polar surface area (TPSA) is 77.5 Å². The Kier molecular flexibility index (Phi) is 4.88. The number of hydrogen-bond donors (Lipinski definition) is 4. The summed E-state index contributed by atoms with van der Waals surface area (Å²) < 4.78 is 5.73. The van der Waals surface area contributed by atoms with Gasteiger partial charge in [-0.25, -0.2) is 0 Å². The fourth-order valence-electron chi connectivity index (χ4n) is 2.07. The van der Waals surface area contributed by atoms with Crippen molar-refractivity contribution in [3.05, 3.63) is 30.0 Å².